The van der Waals surface area contributed by atoms with Crippen LogP contribution in [0.4, 0.5) is 4.39 Å². The van der Waals surface area contributed by atoms with Gasteiger partial charge < -0.3 is 4.74 Å². The zero-order chi connectivity index (χ0) is 21.1. The van der Waals surface area contributed by atoms with Gasteiger partial charge in [0, 0.05) is 29.6 Å². The number of fused-ring (bicyclic) bond motifs is 1. The third-order valence-electron chi connectivity index (χ3n) is 4.65. The molecular formula is C24H19FIN3O. The second-order valence-electron chi connectivity index (χ2n) is 6.75. The van der Waals surface area contributed by atoms with Crippen molar-refractivity contribution in [1.82, 2.24) is 14.8 Å². The Morgan fingerprint density at radius 3 is 2.77 bits per heavy atom. The Hall–Kier alpha value is -2.92. The summed E-state index contributed by atoms with van der Waals surface area (Å²) in [4.78, 5) is 4.33. The van der Waals surface area contributed by atoms with E-state index < -0.39 is 0 Å². The smallest absolute Gasteiger partial charge is 0.232 e. The number of hydrogen-bond acceptors (Lipinski definition) is 3. The van der Waals surface area contributed by atoms with Crippen molar-refractivity contribution in [2.45, 2.75) is 26.8 Å². The lowest BCUT2D eigenvalue weighted by Gasteiger charge is -2.10. The highest BCUT2D eigenvalue weighted by molar-refractivity contribution is 14.1. The van der Waals surface area contributed by atoms with Gasteiger partial charge in [-0.25, -0.2) is 9.37 Å². The van der Waals surface area contributed by atoms with Crippen LogP contribution in [0, 0.1) is 28.2 Å². The number of aromatic nitrogens is 3. The average Bonchev–Trinajstić information content (AvgIpc) is 3.04. The molecule has 0 amide bonds. The first-order chi connectivity index (χ1) is 14.6. The molecule has 0 aliphatic rings. The minimum Gasteiger partial charge on any atom is -0.437 e. The van der Waals surface area contributed by atoms with E-state index in [4.69, 9.17) is 4.74 Å². The summed E-state index contributed by atoms with van der Waals surface area (Å²) in [6.07, 6.45) is 2.43. The summed E-state index contributed by atoms with van der Waals surface area (Å²) in [5.41, 5.74) is 3.08. The number of rotatable bonds is 4. The van der Waals surface area contributed by atoms with Crippen LogP contribution in [0.15, 0.2) is 54.7 Å². The summed E-state index contributed by atoms with van der Waals surface area (Å²) in [5, 5.41) is 5.61. The molecule has 0 unspecified atom stereocenters. The van der Waals surface area contributed by atoms with Crippen molar-refractivity contribution in [3.8, 4) is 23.5 Å². The van der Waals surface area contributed by atoms with E-state index in [-0.39, 0.29) is 5.82 Å². The fraction of sp³-hybridized carbons (Fsp3) is 0.167. The Morgan fingerprint density at radius 1 is 1.17 bits per heavy atom. The maximum Gasteiger partial charge on any atom is 0.232 e. The lowest BCUT2D eigenvalue weighted by Crippen LogP contribution is -2.04. The standard InChI is InChI=1S/C24H19FIN3O/c1-3-4-8-17-13-19-16(2)28-29(15-18-9-5-6-10-20(18)25)22(19)14-23(17)30-24-21(26)11-7-12-27-24/h5-7,9-14H,3,15H2,1-2H3. The first-order valence-electron chi connectivity index (χ1n) is 9.58. The van der Waals surface area contributed by atoms with Crippen LogP contribution >= 0.6 is 22.6 Å². The summed E-state index contributed by atoms with van der Waals surface area (Å²) in [7, 11) is 0. The van der Waals surface area contributed by atoms with Crippen molar-refractivity contribution in [2.24, 2.45) is 0 Å². The van der Waals surface area contributed by atoms with E-state index in [9.17, 15) is 4.39 Å². The van der Waals surface area contributed by atoms with Crippen LogP contribution in [0.3, 0.4) is 0 Å². The summed E-state index contributed by atoms with van der Waals surface area (Å²) in [6.45, 7) is 4.28. The molecule has 150 valence electrons. The largest absolute Gasteiger partial charge is 0.437 e. The molecule has 0 aliphatic heterocycles. The Morgan fingerprint density at radius 2 is 2.00 bits per heavy atom. The quantitative estimate of drug-likeness (QED) is 0.246. The molecule has 2 heterocycles. The third kappa shape index (κ3) is 4.17. The van der Waals surface area contributed by atoms with Crippen molar-refractivity contribution in [2.75, 3.05) is 0 Å². The van der Waals surface area contributed by atoms with Gasteiger partial charge in [0.15, 0.2) is 0 Å². The number of halogens is 2. The van der Waals surface area contributed by atoms with Crippen LogP contribution in [0.1, 0.15) is 30.2 Å². The average molecular weight is 511 g/mol. The highest BCUT2D eigenvalue weighted by atomic mass is 127. The molecule has 4 nitrogen and oxygen atoms in total. The minimum absolute atomic E-state index is 0.247. The maximum atomic E-state index is 14.2. The van der Waals surface area contributed by atoms with Crippen LogP contribution in [-0.2, 0) is 6.54 Å². The highest BCUT2D eigenvalue weighted by Crippen LogP contribution is 2.32. The minimum atomic E-state index is -0.247. The van der Waals surface area contributed by atoms with Gasteiger partial charge in [-0.05, 0) is 53.8 Å². The summed E-state index contributed by atoms with van der Waals surface area (Å²) in [5.74, 6) is 7.18. The van der Waals surface area contributed by atoms with Crippen LogP contribution in [0.2, 0.25) is 0 Å². The first-order valence-corrected chi connectivity index (χ1v) is 10.7. The van der Waals surface area contributed by atoms with Crippen molar-refractivity contribution in [3.05, 3.63) is 80.9 Å². The van der Waals surface area contributed by atoms with Crippen molar-refractivity contribution < 1.29 is 9.13 Å². The Labute approximate surface area is 188 Å². The van der Waals surface area contributed by atoms with Crippen LogP contribution in [-0.4, -0.2) is 14.8 Å². The molecule has 4 aromatic rings. The van der Waals surface area contributed by atoms with Gasteiger partial charge in [0.2, 0.25) is 5.88 Å². The van der Waals surface area contributed by atoms with Gasteiger partial charge in [-0.3, -0.25) is 4.68 Å². The molecular weight excluding hydrogens is 492 g/mol. The molecule has 4 rings (SSSR count). The fourth-order valence-electron chi connectivity index (χ4n) is 3.19. The van der Waals surface area contributed by atoms with E-state index >= 15 is 0 Å². The van der Waals surface area contributed by atoms with Gasteiger partial charge in [-0.1, -0.05) is 37.0 Å². The number of pyridine rings is 1. The van der Waals surface area contributed by atoms with Gasteiger partial charge in [0.05, 0.1) is 26.9 Å². The number of benzene rings is 2. The highest BCUT2D eigenvalue weighted by Gasteiger charge is 2.15. The van der Waals surface area contributed by atoms with Crippen molar-refractivity contribution in [1.29, 1.82) is 0 Å². The number of aryl methyl sites for hydroxylation is 1. The molecule has 0 fully saturated rings. The van der Waals surface area contributed by atoms with E-state index in [0.717, 1.165) is 32.2 Å². The fourth-order valence-corrected chi connectivity index (χ4v) is 3.64. The van der Waals surface area contributed by atoms with Crippen LogP contribution < -0.4 is 4.74 Å². The summed E-state index contributed by atoms with van der Waals surface area (Å²) < 4.78 is 23.1. The topological polar surface area (TPSA) is 39.9 Å². The molecule has 0 spiro atoms. The van der Waals surface area contributed by atoms with Crippen LogP contribution in [0.25, 0.3) is 10.9 Å². The molecule has 2 aromatic heterocycles. The maximum absolute atomic E-state index is 14.2. The molecule has 0 aliphatic carbocycles. The third-order valence-corrected chi connectivity index (χ3v) is 5.47. The zero-order valence-corrected chi connectivity index (χ0v) is 18.8. The Kier molecular flexibility index (Phi) is 6.00. The van der Waals surface area contributed by atoms with Gasteiger partial charge in [0.25, 0.3) is 0 Å². The number of nitrogens with zero attached hydrogens (tertiary/aromatic N) is 3. The molecule has 0 saturated heterocycles. The number of ether oxygens (including phenoxy) is 1. The molecule has 0 radical (unpaired) electrons. The van der Waals surface area contributed by atoms with E-state index in [1.807, 2.05) is 44.2 Å². The molecule has 0 bridgehead atoms. The molecule has 0 atom stereocenters. The van der Waals surface area contributed by atoms with Crippen molar-refractivity contribution in [3.63, 3.8) is 0 Å². The second kappa shape index (κ2) is 8.84. The van der Waals surface area contributed by atoms with E-state index in [1.54, 1.807) is 23.0 Å². The predicted octanol–water partition coefficient (Wildman–Crippen LogP) is 6.09. The molecule has 0 N–H and O–H groups in total. The number of hydrogen-bond donors (Lipinski definition) is 0. The van der Waals surface area contributed by atoms with E-state index in [1.165, 1.54) is 6.07 Å². The normalized spacial score (nSPS) is 10.7. The van der Waals surface area contributed by atoms with Gasteiger partial charge in [0.1, 0.15) is 11.6 Å². The van der Waals surface area contributed by atoms with Gasteiger partial charge in [-0.15, -0.1) is 0 Å². The second-order valence-corrected chi connectivity index (χ2v) is 7.91. The lowest BCUT2D eigenvalue weighted by atomic mass is 10.1. The SMILES string of the molecule is CCC#Cc1cc2c(C)nn(Cc3ccccc3F)c2cc1Oc1ncccc1I. The molecule has 30 heavy (non-hydrogen) atoms. The zero-order valence-electron chi connectivity index (χ0n) is 16.6. The van der Waals surface area contributed by atoms with E-state index in [2.05, 4.69) is 44.5 Å². The summed E-state index contributed by atoms with van der Waals surface area (Å²) >= 11 is 2.19. The summed E-state index contributed by atoms with van der Waals surface area (Å²) in [6, 6.07) is 14.5. The molecule has 2 aromatic carbocycles. The van der Waals surface area contributed by atoms with Crippen molar-refractivity contribution >= 4 is 33.5 Å². The first kappa shape index (κ1) is 20.4. The van der Waals surface area contributed by atoms with E-state index in [0.29, 0.717) is 23.7 Å². The van der Waals surface area contributed by atoms with Crippen LogP contribution in [0.5, 0.6) is 11.6 Å². The molecule has 6 heteroatoms. The lowest BCUT2D eigenvalue weighted by molar-refractivity contribution is 0.458. The molecule has 0 saturated carbocycles. The predicted molar refractivity (Wildman–Crippen MR) is 124 cm³/mol. The monoisotopic (exact) mass is 511 g/mol. The Balaban J connectivity index is 1.84. The van der Waals surface area contributed by atoms with Gasteiger partial charge >= 0.3 is 0 Å². The Bertz CT molecular complexity index is 1290. The van der Waals surface area contributed by atoms with Gasteiger partial charge in [-0.2, -0.15) is 5.10 Å².